The maximum atomic E-state index is 14.3. The van der Waals surface area contributed by atoms with E-state index in [4.69, 9.17) is 0 Å². The Kier molecular flexibility index (Phi) is 5.41. The molecular weight excluding hydrogens is 457 g/mol. The molecule has 2 aromatic heterocycles. The van der Waals surface area contributed by atoms with Gasteiger partial charge in [-0.05, 0) is 30.9 Å². The third kappa shape index (κ3) is 4.06. The van der Waals surface area contributed by atoms with Crippen LogP contribution in [0.1, 0.15) is 28.8 Å². The number of alkyl halides is 3. The van der Waals surface area contributed by atoms with E-state index in [1.807, 2.05) is 0 Å². The molecule has 1 aliphatic carbocycles. The number of halogens is 5. The smallest absolute Gasteiger partial charge is 0.363 e. The van der Waals surface area contributed by atoms with Crippen molar-refractivity contribution in [1.29, 1.82) is 0 Å². The second kappa shape index (κ2) is 8.30. The van der Waals surface area contributed by atoms with Crippen molar-refractivity contribution in [2.45, 2.75) is 31.1 Å². The normalized spacial score (nSPS) is 21.7. The second-order valence-electron chi connectivity index (χ2n) is 8.44. The molecule has 0 spiro atoms. The third-order valence-corrected chi connectivity index (χ3v) is 6.25. The van der Waals surface area contributed by atoms with Crippen molar-refractivity contribution in [3.8, 4) is 11.4 Å². The molecule has 1 aliphatic heterocycles. The number of amides is 1. The molecule has 1 aromatic carbocycles. The summed E-state index contributed by atoms with van der Waals surface area (Å²) >= 11 is 0. The van der Waals surface area contributed by atoms with Crippen LogP contribution in [-0.4, -0.2) is 44.4 Å². The minimum atomic E-state index is -4.69. The van der Waals surface area contributed by atoms with Crippen molar-refractivity contribution in [1.82, 2.24) is 19.9 Å². The number of fused-ring (bicyclic) bond motifs is 2. The summed E-state index contributed by atoms with van der Waals surface area (Å²) in [6.45, 7) is 0.503. The van der Waals surface area contributed by atoms with Crippen LogP contribution in [-0.2, 0) is 6.18 Å². The van der Waals surface area contributed by atoms with Gasteiger partial charge in [0.25, 0.3) is 5.91 Å². The second-order valence-corrected chi connectivity index (χ2v) is 8.44. The Morgan fingerprint density at radius 1 is 1.03 bits per heavy atom. The fourth-order valence-electron chi connectivity index (χ4n) is 4.76. The number of anilines is 1. The molecular formula is C23H18F5N5O. The summed E-state index contributed by atoms with van der Waals surface area (Å²) in [4.78, 5) is 26.7. The Balaban J connectivity index is 1.37. The van der Waals surface area contributed by atoms with Crippen LogP contribution in [0.3, 0.4) is 0 Å². The quantitative estimate of drug-likeness (QED) is 0.561. The molecule has 176 valence electrons. The van der Waals surface area contributed by atoms with Gasteiger partial charge in [0.05, 0.1) is 29.6 Å². The molecule has 2 unspecified atom stereocenters. The van der Waals surface area contributed by atoms with Gasteiger partial charge >= 0.3 is 6.18 Å². The maximum absolute atomic E-state index is 14.3. The van der Waals surface area contributed by atoms with Gasteiger partial charge in [-0.15, -0.1) is 0 Å². The first kappa shape index (κ1) is 22.2. The van der Waals surface area contributed by atoms with E-state index in [-0.39, 0.29) is 35.6 Å². The molecule has 2 bridgehead atoms. The average molecular weight is 475 g/mol. The van der Waals surface area contributed by atoms with Crippen LogP contribution in [0.5, 0.6) is 0 Å². The van der Waals surface area contributed by atoms with Gasteiger partial charge in [-0.2, -0.15) is 13.2 Å². The van der Waals surface area contributed by atoms with Crippen molar-refractivity contribution in [2.24, 2.45) is 5.92 Å². The highest BCUT2D eigenvalue weighted by molar-refractivity contribution is 6.00. The number of nitrogens with zero attached hydrogens (tertiary/aromatic N) is 4. The zero-order chi connectivity index (χ0) is 24.0. The van der Waals surface area contributed by atoms with Crippen LogP contribution in [0.2, 0.25) is 0 Å². The summed E-state index contributed by atoms with van der Waals surface area (Å²) in [6, 6.07) is 6.48. The topological polar surface area (TPSA) is 71.0 Å². The van der Waals surface area contributed by atoms with Gasteiger partial charge in [-0.1, -0.05) is 18.2 Å². The number of piperidine rings is 1. The zero-order valence-electron chi connectivity index (χ0n) is 17.6. The third-order valence-electron chi connectivity index (χ3n) is 6.25. The lowest BCUT2D eigenvalue weighted by molar-refractivity contribution is -0.138. The Bertz CT molecular complexity index is 1230. The molecule has 0 radical (unpaired) electrons. The lowest BCUT2D eigenvalue weighted by Gasteiger charge is -2.34. The molecule has 34 heavy (non-hydrogen) atoms. The molecule has 1 saturated carbocycles. The average Bonchev–Trinajstić information content (AvgIpc) is 3.40. The molecule has 11 heteroatoms. The number of likely N-dealkylation sites (tertiary alicyclic amines) is 1. The van der Waals surface area contributed by atoms with E-state index < -0.39 is 23.4 Å². The van der Waals surface area contributed by atoms with E-state index in [1.54, 1.807) is 29.2 Å². The number of pyridine rings is 1. The van der Waals surface area contributed by atoms with Crippen LogP contribution >= 0.6 is 0 Å². The van der Waals surface area contributed by atoms with Gasteiger partial charge in [-0.25, -0.2) is 23.7 Å². The highest BCUT2D eigenvalue weighted by Gasteiger charge is 2.47. The van der Waals surface area contributed by atoms with Gasteiger partial charge in [0, 0.05) is 24.3 Å². The van der Waals surface area contributed by atoms with E-state index in [0.717, 1.165) is 12.4 Å². The first-order valence-electron chi connectivity index (χ1n) is 10.6. The molecule has 6 nitrogen and oxygen atoms in total. The fraction of sp³-hybridized carbons (Fsp3) is 0.304. The summed E-state index contributed by atoms with van der Waals surface area (Å²) in [5, 5.41) is 2.89. The van der Waals surface area contributed by atoms with Crippen LogP contribution in [0, 0.1) is 17.6 Å². The lowest BCUT2D eigenvalue weighted by Crippen LogP contribution is -2.48. The molecule has 1 saturated heterocycles. The molecule has 2 aliphatic rings. The number of rotatable bonds is 4. The SMILES string of the molecule is O=C(c1ccccc1-c1ncc(F)cn1)N1C[C@H]2CC(Nc3ncc(C(F)(F)F)cc3F)C1C2. The van der Waals surface area contributed by atoms with Gasteiger partial charge in [0.1, 0.15) is 0 Å². The molecule has 5 rings (SSSR count). The van der Waals surface area contributed by atoms with Crippen LogP contribution in [0.25, 0.3) is 11.4 Å². The van der Waals surface area contributed by atoms with Gasteiger partial charge < -0.3 is 10.2 Å². The van der Waals surface area contributed by atoms with Gasteiger partial charge in [-0.3, -0.25) is 4.79 Å². The summed E-state index contributed by atoms with van der Waals surface area (Å²) < 4.78 is 66.0. The number of nitrogens with one attached hydrogen (secondary N) is 1. The lowest BCUT2D eigenvalue weighted by atomic mass is 10.0. The first-order valence-corrected chi connectivity index (χ1v) is 10.6. The minimum absolute atomic E-state index is 0.165. The number of carbonyl (C=O) groups is 1. The number of aromatic nitrogens is 3. The monoisotopic (exact) mass is 475 g/mol. The highest BCUT2D eigenvalue weighted by atomic mass is 19.4. The van der Waals surface area contributed by atoms with Gasteiger partial charge in [0.15, 0.2) is 23.3 Å². The first-order chi connectivity index (χ1) is 16.2. The van der Waals surface area contributed by atoms with Crippen molar-refractivity contribution in [2.75, 3.05) is 11.9 Å². The predicted octanol–water partition coefficient (Wildman–Crippen LogP) is 4.55. The van der Waals surface area contributed by atoms with Crippen molar-refractivity contribution >= 4 is 11.7 Å². The predicted molar refractivity (Wildman–Crippen MR) is 112 cm³/mol. The molecule has 3 atom stereocenters. The summed E-state index contributed by atoms with van der Waals surface area (Å²) in [5.41, 5.74) is -0.366. The van der Waals surface area contributed by atoms with Crippen molar-refractivity contribution in [3.05, 3.63) is 71.7 Å². The Labute approximate surface area is 190 Å². The van der Waals surface area contributed by atoms with E-state index >= 15 is 0 Å². The highest BCUT2D eigenvalue weighted by Crippen LogP contribution is 2.41. The van der Waals surface area contributed by atoms with Crippen molar-refractivity contribution < 1.29 is 26.7 Å². The van der Waals surface area contributed by atoms with E-state index in [1.165, 1.54) is 0 Å². The Hall–Kier alpha value is -3.63. The van der Waals surface area contributed by atoms with E-state index in [0.29, 0.717) is 42.8 Å². The number of benzene rings is 1. The number of hydrogen-bond donors (Lipinski definition) is 1. The van der Waals surface area contributed by atoms with Crippen LogP contribution in [0.15, 0.2) is 48.9 Å². The minimum Gasteiger partial charge on any atom is -0.363 e. The molecule has 3 aromatic rings. The summed E-state index contributed by atoms with van der Waals surface area (Å²) in [5.74, 6) is -1.88. The molecule has 1 N–H and O–H groups in total. The Morgan fingerprint density at radius 2 is 1.76 bits per heavy atom. The fourth-order valence-corrected chi connectivity index (χ4v) is 4.76. The van der Waals surface area contributed by atoms with Crippen molar-refractivity contribution in [3.63, 3.8) is 0 Å². The molecule has 3 heterocycles. The summed E-state index contributed by atoms with van der Waals surface area (Å²) in [7, 11) is 0. The largest absolute Gasteiger partial charge is 0.417 e. The zero-order valence-corrected chi connectivity index (χ0v) is 17.6. The molecule has 1 amide bonds. The molecule has 2 fully saturated rings. The standard InChI is InChI=1S/C23H18F5N5O/c24-14-9-30-20(31-10-14)15-3-1-2-4-16(15)22(34)33-11-12-5-18(19(33)6-12)32-21-17(25)7-13(8-29-21)23(26,27)28/h1-4,7-10,12,18-19H,5-6,11H2,(H,29,32)/t12-,18?,19?/m0/s1. The number of carbonyl (C=O) groups excluding carboxylic acids is 1. The van der Waals surface area contributed by atoms with Crippen LogP contribution < -0.4 is 5.32 Å². The van der Waals surface area contributed by atoms with E-state index in [9.17, 15) is 26.7 Å². The van der Waals surface area contributed by atoms with E-state index in [2.05, 4.69) is 20.3 Å². The maximum Gasteiger partial charge on any atom is 0.417 e. The van der Waals surface area contributed by atoms with Gasteiger partial charge in [0.2, 0.25) is 0 Å². The number of hydrogen-bond acceptors (Lipinski definition) is 5. The summed E-state index contributed by atoms with van der Waals surface area (Å²) in [6.07, 6.45) is -0.746. The Morgan fingerprint density at radius 3 is 2.44 bits per heavy atom. The van der Waals surface area contributed by atoms with Crippen LogP contribution in [0.4, 0.5) is 27.8 Å².